The van der Waals surface area contributed by atoms with Crippen molar-refractivity contribution in [3.8, 4) is 0 Å². The number of carbonyl (C=O) groups excluding carboxylic acids is 2. The van der Waals surface area contributed by atoms with E-state index in [0.717, 1.165) is 32.0 Å². The number of carbonyl (C=O) groups is 2. The molecule has 18 heavy (non-hydrogen) atoms. The molecule has 96 valence electrons. The van der Waals surface area contributed by atoms with Gasteiger partial charge in [0.1, 0.15) is 6.29 Å². The van der Waals surface area contributed by atoms with Crippen molar-refractivity contribution in [2.24, 2.45) is 0 Å². The highest BCUT2D eigenvalue weighted by atomic mass is 16.3. The van der Waals surface area contributed by atoms with Gasteiger partial charge in [0.05, 0.1) is 6.10 Å². The van der Waals surface area contributed by atoms with E-state index < -0.39 is 0 Å². The van der Waals surface area contributed by atoms with Gasteiger partial charge in [-0.05, 0) is 37.8 Å². The third kappa shape index (κ3) is 3.17. The molecule has 1 aromatic rings. The van der Waals surface area contributed by atoms with Crippen LogP contribution < -0.4 is 5.32 Å². The van der Waals surface area contributed by atoms with Crippen LogP contribution in [0.2, 0.25) is 0 Å². The van der Waals surface area contributed by atoms with Gasteiger partial charge in [0.2, 0.25) is 0 Å². The molecule has 0 aliphatic heterocycles. The van der Waals surface area contributed by atoms with Crippen molar-refractivity contribution < 1.29 is 14.7 Å². The highest BCUT2D eigenvalue weighted by Crippen LogP contribution is 2.18. The van der Waals surface area contributed by atoms with Gasteiger partial charge in [-0.1, -0.05) is 12.1 Å². The molecule has 2 N–H and O–H groups in total. The van der Waals surface area contributed by atoms with E-state index in [-0.39, 0.29) is 18.1 Å². The first-order valence-electron chi connectivity index (χ1n) is 6.23. The Morgan fingerprint density at radius 1 is 1.17 bits per heavy atom. The Morgan fingerprint density at radius 2 is 1.78 bits per heavy atom. The Morgan fingerprint density at radius 3 is 2.33 bits per heavy atom. The summed E-state index contributed by atoms with van der Waals surface area (Å²) in [5, 5.41) is 12.3. The molecule has 0 aromatic heterocycles. The molecule has 1 fully saturated rings. The second-order valence-electron chi connectivity index (χ2n) is 4.72. The minimum absolute atomic E-state index is 0.117. The summed E-state index contributed by atoms with van der Waals surface area (Å²) in [4.78, 5) is 22.4. The van der Waals surface area contributed by atoms with E-state index in [2.05, 4.69) is 5.32 Å². The molecular formula is C14H17NO3. The number of aliphatic hydroxyl groups is 1. The van der Waals surface area contributed by atoms with E-state index in [1.807, 2.05) is 0 Å². The van der Waals surface area contributed by atoms with Crippen molar-refractivity contribution in [1.82, 2.24) is 5.32 Å². The zero-order valence-electron chi connectivity index (χ0n) is 10.1. The smallest absolute Gasteiger partial charge is 0.251 e. The van der Waals surface area contributed by atoms with Crippen LogP contribution in [0, 0.1) is 0 Å². The average Bonchev–Trinajstić information content (AvgIpc) is 2.41. The summed E-state index contributed by atoms with van der Waals surface area (Å²) >= 11 is 0. The fourth-order valence-corrected chi connectivity index (χ4v) is 2.20. The summed E-state index contributed by atoms with van der Waals surface area (Å²) in [5.74, 6) is -0.117. The summed E-state index contributed by atoms with van der Waals surface area (Å²) in [6, 6.07) is 6.71. The molecule has 4 heteroatoms. The SMILES string of the molecule is O=Cc1ccc(C(=O)NC2CCC(O)CC2)cc1. The predicted molar refractivity (Wildman–Crippen MR) is 67.6 cm³/mol. The van der Waals surface area contributed by atoms with Gasteiger partial charge in [-0.3, -0.25) is 9.59 Å². The van der Waals surface area contributed by atoms with Crippen LogP contribution in [-0.4, -0.2) is 29.4 Å². The maximum atomic E-state index is 11.9. The summed E-state index contributed by atoms with van der Waals surface area (Å²) < 4.78 is 0. The van der Waals surface area contributed by atoms with E-state index in [9.17, 15) is 14.7 Å². The molecular weight excluding hydrogens is 230 g/mol. The fraction of sp³-hybridized carbons (Fsp3) is 0.429. The molecule has 1 aliphatic carbocycles. The minimum atomic E-state index is -0.218. The molecule has 0 saturated heterocycles. The molecule has 0 heterocycles. The Labute approximate surface area is 106 Å². The van der Waals surface area contributed by atoms with Crippen LogP contribution in [0.15, 0.2) is 24.3 Å². The van der Waals surface area contributed by atoms with Crippen molar-refractivity contribution in [2.75, 3.05) is 0 Å². The maximum Gasteiger partial charge on any atom is 0.251 e. The predicted octanol–water partition coefficient (Wildman–Crippen LogP) is 1.53. The van der Waals surface area contributed by atoms with Crippen molar-refractivity contribution in [3.63, 3.8) is 0 Å². The number of rotatable bonds is 3. The second-order valence-corrected chi connectivity index (χ2v) is 4.72. The maximum absolute atomic E-state index is 11.9. The third-order valence-corrected chi connectivity index (χ3v) is 3.34. The lowest BCUT2D eigenvalue weighted by atomic mass is 9.93. The van der Waals surface area contributed by atoms with Gasteiger partial charge < -0.3 is 10.4 Å². The lowest BCUT2D eigenvalue weighted by molar-refractivity contribution is 0.0867. The van der Waals surface area contributed by atoms with Gasteiger partial charge in [0.15, 0.2) is 0 Å². The van der Waals surface area contributed by atoms with Crippen LogP contribution in [0.25, 0.3) is 0 Å². The number of aldehydes is 1. The Hall–Kier alpha value is -1.68. The number of nitrogens with one attached hydrogen (secondary N) is 1. The van der Waals surface area contributed by atoms with E-state index in [1.54, 1.807) is 24.3 Å². The number of benzene rings is 1. The molecule has 1 aliphatic rings. The Bertz CT molecular complexity index is 419. The highest BCUT2D eigenvalue weighted by molar-refractivity contribution is 5.95. The van der Waals surface area contributed by atoms with Crippen LogP contribution in [0.1, 0.15) is 46.4 Å². The lowest BCUT2D eigenvalue weighted by Gasteiger charge is -2.26. The first kappa shape index (κ1) is 12.8. The summed E-state index contributed by atoms with van der Waals surface area (Å²) in [6.45, 7) is 0. The zero-order chi connectivity index (χ0) is 13.0. The van der Waals surface area contributed by atoms with Crippen molar-refractivity contribution >= 4 is 12.2 Å². The number of amides is 1. The van der Waals surface area contributed by atoms with Gasteiger partial charge >= 0.3 is 0 Å². The van der Waals surface area contributed by atoms with Crippen molar-refractivity contribution in [1.29, 1.82) is 0 Å². The summed E-state index contributed by atoms with van der Waals surface area (Å²) in [6.07, 6.45) is 3.66. The summed E-state index contributed by atoms with van der Waals surface area (Å²) in [7, 11) is 0. The fourth-order valence-electron chi connectivity index (χ4n) is 2.20. The quantitative estimate of drug-likeness (QED) is 0.796. The van der Waals surface area contributed by atoms with Gasteiger partial charge in [-0.15, -0.1) is 0 Å². The molecule has 0 spiro atoms. The Balaban J connectivity index is 1.92. The van der Waals surface area contributed by atoms with Crippen molar-refractivity contribution in [3.05, 3.63) is 35.4 Å². The topological polar surface area (TPSA) is 66.4 Å². The molecule has 1 amide bonds. The Kier molecular flexibility index (Phi) is 4.10. The van der Waals surface area contributed by atoms with Gasteiger partial charge in [0.25, 0.3) is 5.91 Å². The van der Waals surface area contributed by atoms with Gasteiger partial charge in [0, 0.05) is 17.2 Å². The second kappa shape index (κ2) is 5.78. The lowest BCUT2D eigenvalue weighted by Crippen LogP contribution is -2.38. The summed E-state index contributed by atoms with van der Waals surface area (Å²) in [5.41, 5.74) is 1.12. The van der Waals surface area contributed by atoms with E-state index in [0.29, 0.717) is 11.1 Å². The molecule has 0 radical (unpaired) electrons. The van der Waals surface area contributed by atoms with E-state index in [1.165, 1.54) is 0 Å². The van der Waals surface area contributed by atoms with Crippen LogP contribution in [0.4, 0.5) is 0 Å². The van der Waals surface area contributed by atoms with Crippen LogP contribution in [0.5, 0.6) is 0 Å². The van der Waals surface area contributed by atoms with Crippen LogP contribution >= 0.6 is 0 Å². The molecule has 0 unspecified atom stereocenters. The minimum Gasteiger partial charge on any atom is -0.393 e. The van der Waals surface area contributed by atoms with Gasteiger partial charge in [-0.25, -0.2) is 0 Å². The standard InChI is InChI=1S/C14H17NO3/c16-9-10-1-3-11(4-2-10)14(18)15-12-5-7-13(17)8-6-12/h1-4,9,12-13,17H,5-8H2,(H,15,18). The molecule has 1 aromatic carbocycles. The number of hydrogen-bond acceptors (Lipinski definition) is 3. The molecule has 4 nitrogen and oxygen atoms in total. The monoisotopic (exact) mass is 247 g/mol. The number of aliphatic hydroxyl groups excluding tert-OH is 1. The first-order valence-corrected chi connectivity index (χ1v) is 6.23. The first-order chi connectivity index (χ1) is 8.69. The number of hydrogen-bond donors (Lipinski definition) is 2. The van der Waals surface area contributed by atoms with Crippen LogP contribution in [0.3, 0.4) is 0 Å². The van der Waals surface area contributed by atoms with Crippen molar-refractivity contribution in [2.45, 2.75) is 37.8 Å². The van der Waals surface area contributed by atoms with E-state index >= 15 is 0 Å². The molecule has 0 bridgehead atoms. The normalized spacial score (nSPS) is 23.4. The molecule has 1 saturated carbocycles. The third-order valence-electron chi connectivity index (χ3n) is 3.34. The highest BCUT2D eigenvalue weighted by Gasteiger charge is 2.21. The zero-order valence-corrected chi connectivity index (χ0v) is 10.1. The largest absolute Gasteiger partial charge is 0.393 e. The van der Waals surface area contributed by atoms with Crippen LogP contribution in [-0.2, 0) is 0 Å². The van der Waals surface area contributed by atoms with Gasteiger partial charge in [-0.2, -0.15) is 0 Å². The van der Waals surface area contributed by atoms with E-state index in [4.69, 9.17) is 0 Å². The molecule has 2 rings (SSSR count). The average molecular weight is 247 g/mol. The molecule has 0 atom stereocenters.